The average molecular weight is 163 g/mol. The molecule has 0 unspecified atom stereocenters. The lowest BCUT2D eigenvalue weighted by molar-refractivity contribution is 0.475. The Bertz CT molecular complexity index is 276. The molecule has 12 heavy (non-hydrogen) atoms. The molecular formula is C10H13NO. The Balaban J connectivity index is 2.89. The number of phenolic OH excluding ortho intramolecular Hbond substituents is 1. The lowest BCUT2D eigenvalue weighted by Gasteiger charge is -2.18. The minimum atomic E-state index is 0.286. The molecule has 0 bridgehead atoms. The van der Waals surface area contributed by atoms with Crippen LogP contribution < -0.4 is 4.90 Å². The first-order valence-corrected chi connectivity index (χ1v) is 3.79. The predicted molar refractivity (Wildman–Crippen MR) is 51.3 cm³/mol. The SMILES string of the molecule is C=C(C)N(C)c1ccc(O)cc1. The molecule has 0 aromatic heterocycles. The molecule has 1 aromatic rings. The number of hydrogen-bond acceptors (Lipinski definition) is 2. The molecule has 0 saturated carbocycles. The molecule has 0 fully saturated rings. The lowest BCUT2D eigenvalue weighted by atomic mass is 10.3. The van der Waals surface area contributed by atoms with Crippen LogP contribution in [0.15, 0.2) is 36.5 Å². The van der Waals surface area contributed by atoms with Crippen LogP contribution in [-0.4, -0.2) is 12.2 Å². The standard InChI is InChI=1S/C10H13NO/c1-8(2)11(3)9-4-6-10(12)7-5-9/h4-7,12H,1H2,2-3H3. The molecule has 0 aliphatic heterocycles. The van der Waals surface area contributed by atoms with E-state index >= 15 is 0 Å². The normalized spacial score (nSPS) is 9.50. The van der Waals surface area contributed by atoms with Crippen molar-refractivity contribution in [3.63, 3.8) is 0 Å². The van der Waals surface area contributed by atoms with Gasteiger partial charge in [-0.15, -0.1) is 0 Å². The molecule has 0 radical (unpaired) electrons. The maximum atomic E-state index is 9.04. The Morgan fingerprint density at radius 1 is 1.33 bits per heavy atom. The van der Waals surface area contributed by atoms with Crippen LogP contribution in [0.3, 0.4) is 0 Å². The van der Waals surface area contributed by atoms with E-state index in [4.69, 9.17) is 5.11 Å². The second kappa shape index (κ2) is 3.30. The lowest BCUT2D eigenvalue weighted by Crippen LogP contribution is -2.12. The van der Waals surface area contributed by atoms with Gasteiger partial charge in [0.2, 0.25) is 0 Å². The minimum absolute atomic E-state index is 0.286. The van der Waals surface area contributed by atoms with Gasteiger partial charge in [-0.3, -0.25) is 0 Å². The molecule has 2 nitrogen and oxygen atoms in total. The summed E-state index contributed by atoms with van der Waals surface area (Å²) in [4.78, 5) is 1.96. The molecule has 0 aliphatic carbocycles. The third-order valence-electron chi connectivity index (χ3n) is 1.81. The molecule has 0 amide bonds. The first kappa shape index (κ1) is 8.65. The maximum Gasteiger partial charge on any atom is 0.115 e. The number of rotatable bonds is 2. The van der Waals surface area contributed by atoms with E-state index in [1.165, 1.54) is 0 Å². The second-order valence-electron chi connectivity index (χ2n) is 2.81. The predicted octanol–water partition coefficient (Wildman–Crippen LogP) is 2.36. The molecule has 64 valence electrons. The summed E-state index contributed by atoms with van der Waals surface area (Å²) in [6.07, 6.45) is 0. The number of allylic oxidation sites excluding steroid dienone is 1. The van der Waals surface area contributed by atoms with Crippen LogP contribution in [0.25, 0.3) is 0 Å². The number of nitrogens with zero attached hydrogens (tertiary/aromatic N) is 1. The molecule has 0 spiro atoms. The summed E-state index contributed by atoms with van der Waals surface area (Å²) < 4.78 is 0. The Hall–Kier alpha value is -1.44. The van der Waals surface area contributed by atoms with E-state index in [0.717, 1.165) is 11.4 Å². The van der Waals surface area contributed by atoms with Crippen molar-refractivity contribution >= 4 is 5.69 Å². The molecule has 1 aromatic carbocycles. The third kappa shape index (κ3) is 1.78. The molecule has 0 saturated heterocycles. The monoisotopic (exact) mass is 163 g/mol. The van der Waals surface area contributed by atoms with Crippen molar-refractivity contribution in [2.45, 2.75) is 6.92 Å². The van der Waals surface area contributed by atoms with Crippen LogP contribution in [-0.2, 0) is 0 Å². The van der Waals surface area contributed by atoms with Gasteiger partial charge in [0.15, 0.2) is 0 Å². The fourth-order valence-corrected chi connectivity index (χ4v) is 0.897. The fraction of sp³-hybridized carbons (Fsp3) is 0.200. The fourth-order valence-electron chi connectivity index (χ4n) is 0.897. The Morgan fingerprint density at radius 2 is 1.83 bits per heavy atom. The Labute approximate surface area is 72.8 Å². The zero-order valence-corrected chi connectivity index (χ0v) is 7.41. The number of benzene rings is 1. The summed E-state index contributed by atoms with van der Waals surface area (Å²) in [5.41, 5.74) is 2.00. The van der Waals surface area contributed by atoms with E-state index in [1.54, 1.807) is 12.1 Å². The topological polar surface area (TPSA) is 23.5 Å². The summed E-state index contributed by atoms with van der Waals surface area (Å²) in [5.74, 6) is 0.286. The van der Waals surface area contributed by atoms with Crippen LogP contribution in [0, 0.1) is 0 Å². The van der Waals surface area contributed by atoms with Gasteiger partial charge < -0.3 is 10.0 Å². The van der Waals surface area contributed by atoms with Crippen molar-refractivity contribution in [2.75, 3.05) is 11.9 Å². The highest BCUT2D eigenvalue weighted by Gasteiger charge is 1.99. The van der Waals surface area contributed by atoms with Gasteiger partial charge in [-0.2, -0.15) is 0 Å². The first-order chi connectivity index (χ1) is 5.61. The maximum absolute atomic E-state index is 9.04. The van der Waals surface area contributed by atoms with Crippen LogP contribution in [0.1, 0.15) is 6.92 Å². The Kier molecular flexibility index (Phi) is 2.38. The van der Waals surface area contributed by atoms with Crippen molar-refractivity contribution < 1.29 is 5.11 Å². The van der Waals surface area contributed by atoms with E-state index in [-0.39, 0.29) is 5.75 Å². The molecule has 0 heterocycles. The molecule has 0 atom stereocenters. The smallest absolute Gasteiger partial charge is 0.115 e. The van der Waals surface area contributed by atoms with Crippen LogP contribution in [0.2, 0.25) is 0 Å². The molecule has 1 rings (SSSR count). The number of anilines is 1. The number of phenols is 1. The third-order valence-corrected chi connectivity index (χ3v) is 1.81. The van der Waals surface area contributed by atoms with Crippen molar-refractivity contribution in [3.8, 4) is 5.75 Å². The quantitative estimate of drug-likeness (QED) is 0.723. The van der Waals surface area contributed by atoms with Crippen LogP contribution >= 0.6 is 0 Å². The highest BCUT2D eigenvalue weighted by Crippen LogP contribution is 2.19. The zero-order valence-electron chi connectivity index (χ0n) is 7.41. The van der Waals surface area contributed by atoms with E-state index in [0.29, 0.717) is 0 Å². The summed E-state index contributed by atoms with van der Waals surface area (Å²) >= 11 is 0. The van der Waals surface area contributed by atoms with Gasteiger partial charge in [-0.1, -0.05) is 6.58 Å². The molecule has 1 N–H and O–H groups in total. The van der Waals surface area contributed by atoms with Crippen LogP contribution in [0.5, 0.6) is 5.75 Å². The van der Waals surface area contributed by atoms with Crippen molar-refractivity contribution in [1.29, 1.82) is 0 Å². The molecule has 2 heteroatoms. The number of hydrogen-bond donors (Lipinski definition) is 1. The van der Waals surface area contributed by atoms with E-state index < -0.39 is 0 Å². The van der Waals surface area contributed by atoms with Crippen molar-refractivity contribution in [3.05, 3.63) is 36.5 Å². The van der Waals surface area contributed by atoms with Gasteiger partial charge >= 0.3 is 0 Å². The first-order valence-electron chi connectivity index (χ1n) is 3.79. The average Bonchev–Trinajstić information content (AvgIpc) is 2.04. The summed E-state index contributed by atoms with van der Waals surface area (Å²) in [6, 6.07) is 7.03. The summed E-state index contributed by atoms with van der Waals surface area (Å²) in [5, 5.41) is 9.04. The number of aromatic hydroxyl groups is 1. The van der Waals surface area contributed by atoms with Gasteiger partial charge in [0.25, 0.3) is 0 Å². The molecule has 0 aliphatic rings. The minimum Gasteiger partial charge on any atom is -0.508 e. The van der Waals surface area contributed by atoms with Gasteiger partial charge in [-0.05, 0) is 31.2 Å². The van der Waals surface area contributed by atoms with Gasteiger partial charge in [0.05, 0.1) is 0 Å². The van der Waals surface area contributed by atoms with E-state index in [9.17, 15) is 0 Å². The zero-order chi connectivity index (χ0) is 9.14. The van der Waals surface area contributed by atoms with Gasteiger partial charge in [-0.25, -0.2) is 0 Å². The largest absolute Gasteiger partial charge is 0.508 e. The van der Waals surface area contributed by atoms with E-state index in [2.05, 4.69) is 6.58 Å². The van der Waals surface area contributed by atoms with Crippen molar-refractivity contribution in [1.82, 2.24) is 0 Å². The summed E-state index contributed by atoms with van der Waals surface area (Å²) in [6.45, 7) is 5.75. The highest BCUT2D eigenvalue weighted by molar-refractivity contribution is 5.51. The van der Waals surface area contributed by atoms with Gasteiger partial charge in [0, 0.05) is 18.4 Å². The van der Waals surface area contributed by atoms with E-state index in [1.807, 2.05) is 31.0 Å². The highest BCUT2D eigenvalue weighted by atomic mass is 16.3. The Morgan fingerprint density at radius 3 is 2.25 bits per heavy atom. The van der Waals surface area contributed by atoms with Gasteiger partial charge in [0.1, 0.15) is 5.75 Å². The second-order valence-corrected chi connectivity index (χ2v) is 2.81. The van der Waals surface area contributed by atoms with Crippen molar-refractivity contribution in [2.24, 2.45) is 0 Å². The van der Waals surface area contributed by atoms with Crippen LogP contribution in [0.4, 0.5) is 5.69 Å². The summed E-state index contributed by atoms with van der Waals surface area (Å²) in [7, 11) is 1.94. The molecular weight excluding hydrogens is 150 g/mol.